The lowest BCUT2D eigenvalue weighted by molar-refractivity contribution is -0.130. The lowest BCUT2D eigenvalue weighted by Gasteiger charge is -2.17. The van der Waals surface area contributed by atoms with Gasteiger partial charge in [-0.2, -0.15) is 0 Å². The van der Waals surface area contributed by atoms with Crippen LogP contribution in [0.3, 0.4) is 0 Å². The van der Waals surface area contributed by atoms with Crippen molar-refractivity contribution in [2.75, 3.05) is 0 Å². The molecule has 0 aliphatic heterocycles. The Hall–Kier alpha value is -0.320. The zero-order chi connectivity index (χ0) is 9.84. The van der Waals surface area contributed by atoms with E-state index in [9.17, 15) is 9.90 Å². The molecule has 1 amide bonds. The normalized spacial score (nSPS) is 19.4. The van der Waals surface area contributed by atoms with Crippen LogP contribution in [0.4, 0.5) is 0 Å². The Labute approximate surface area is 90.7 Å². The maximum atomic E-state index is 11.3. The van der Waals surface area contributed by atoms with Gasteiger partial charge in [-0.3, -0.25) is 4.79 Å². The molecule has 0 heterocycles. The zero-order valence-corrected chi connectivity index (χ0v) is 9.22. The van der Waals surface area contributed by atoms with Crippen LogP contribution in [0.2, 0.25) is 0 Å². The predicted octanol–water partition coefficient (Wildman–Crippen LogP) is 0.175. The number of aliphatic hydroxyl groups excluding tert-OH is 1. The molecule has 4 nitrogen and oxygen atoms in total. The first-order valence-corrected chi connectivity index (χ1v) is 4.89. The molecule has 0 unspecified atom stereocenters. The molecule has 1 aliphatic carbocycles. The van der Waals surface area contributed by atoms with E-state index in [1.807, 2.05) is 6.92 Å². The van der Waals surface area contributed by atoms with Crippen molar-refractivity contribution in [2.24, 2.45) is 5.73 Å². The fraction of sp³-hybridized carbons (Fsp3) is 0.889. The molecular weight excluding hydrogens is 204 g/mol. The number of nitrogens with two attached hydrogens (primary N) is 1. The van der Waals surface area contributed by atoms with E-state index in [0.717, 1.165) is 19.3 Å². The van der Waals surface area contributed by atoms with Crippen molar-refractivity contribution in [3.8, 4) is 0 Å². The minimum Gasteiger partial charge on any atom is -0.382 e. The van der Waals surface area contributed by atoms with Gasteiger partial charge in [-0.15, -0.1) is 12.4 Å². The van der Waals surface area contributed by atoms with Gasteiger partial charge >= 0.3 is 0 Å². The second-order valence-corrected chi connectivity index (χ2v) is 3.68. The Kier molecular flexibility index (Phi) is 6.08. The SMILES string of the molecule is CCC[C@@H](N)[C@H](O)C(=O)NC1CC1.Cl. The van der Waals surface area contributed by atoms with Crippen LogP contribution in [0.5, 0.6) is 0 Å². The van der Waals surface area contributed by atoms with Gasteiger partial charge in [0.15, 0.2) is 0 Å². The quantitative estimate of drug-likeness (QED) is 0.621. The molecule has 0 aromatic rings. The number of hydrogen-bond donors (Lipinski definition) is 3. The molecule has 14 heavy (non-hydrogen) atoms. The van der Waals surface area contributed by atoms with Crippen molar-refractivity contribution in [1.29, 1.82) is 0 Å². The number of amides is 1. The number of nitrogens with one attached hydrogen (secondary N) is 1. The van der Waals surface area contributed by atoms with Crippen LogP contribution in [0.15, 0.2) is 0 Å². The van der Waals surface area contributed by atoms with E-state index in [4.69, 9.17) is 5.73 Å². The zero-order valence-electron chi connectivity index (χ0n) is 8.40. The number of hydrogen-bond acceptors (Lipinski definition) is 3. The average molecular weight is 223 g/mol. The van der Waals surface area contributed by atoms with Gasteiger partial charge in [0, 0.05) is 12.1 Å². The van der Waals surface area contributed by atoms with Crippen LogP contribution < -0.4 is 11.1 Å². The van der Waals surface area contributed by atoms with Crippen LogP contribution in [0.1, 0.15) is 32.6 Å². The smallest absolute Gasteiger partial charge is 0.250 e. The van der Waals surface area contributed by atoms with Crippen LogP contribution in [0.25, 0.3) is 0 Å². The molecule has 0 radical (unpaired) electrons. The Balaban J connectivity index is 0.00000169. The molecule has 1 aliphatic rings. The molecule has 5 heteroatoms. The molecule has 1 fully saturated rings. The molecule has 1 rings (SSSR count). The average Bonchev–Trinajstić information content (AvgIpc) is 2.87. The van der Waals surface area contributed by atoms with Crippen molar-refractivity contribution < 1.29 is 9.90 Å². The molecule has 1 saturated carbocycles. The van der Waals surface area contributed by atoms with Gasteiger partial charge in [0.2, 0.25) is 0 Å². The van der Waals surface area contributed by atoms with Crippen molar-refractivity contribution in [1.82, 2.24) is 5.32 Å². The second kappa shape index (κ2) is 6.22. The minimum atomic E-state index is -1.04. The fourth-order valence-electron chi connectivity index (χ4n) is 1.20. The highest BCUT2D eigenvalue weighted by atomic mass is 35.5. The molecule has 4 N–H and O–H groups in total. The highest BCUT2D eigenvalue weighted by Crippen LogP contribution is 2.18. The maximum absolute atomic E-state index is 11.3. The van der Waals surface area contributed by atoms with E-state index in [0.29, 0.717) is 6.42 Å². The van der Waals surface area contributed by atoms with E-state index < -0.39 is 12.1 Å². The van der Waals surface area contributed by atoms with Crippen LogP contribution in [0, 0.1) is 0 Å². The summed E-state index contributed by atoms with van der Waals surface area (Å²) in [6.07, 6.45) is 2.58. The summed E-state index contributed by atoms with van der Waals surface area (Å²) in [5, 5.41) is 12.2. The Morgan fingerprint density at radius 1 is 1.64 bits per heavy atom. The molecule has 0 aromatic carbocycles. The first-order valence-electron chi connectivity index (χ1n) is 4.89. The number of halogens is 1. The van der Waals surface area contributed by atoms with Gasteiger partial charge in [-0.25, -0.2) is 0 Å². The van der Waals surface area contributed by atoms with Gasteiger partial charge in [-0.1, -0.05) is 13.3 Å². The summed E-state index contributed by atoms with van der Waals surface area (Å²) in [6, 6.07) is -0.139. The minimum absolute atomic E-state index is 0. The Morgan fingerprint density at radius 3 is 2.64 bits per heavy atom. The predicted molar refractivity (Wildman–Crippen MR) is 57.3 cm³/mol. The number of aliphatic hydroxyl groups is 1. The topological polar surface area (TPSA) is 75.3 Å². The van der Waals surface area contributed by atoms with E-state index in [1.54, 1.807) is 0 Å². The summed E-state index contributed by atoms with van der Waals surface area (Å²) in [6.45, 7) is 1.98. The molecular formula is C9H19ClN2O2. The summed E-state index contributed by atoms with van der Waals surface area (Å²) < 4.78 is 0. The van der Waals surface area contributed by atoms with E-state index >= 15 is 0 Å². The molecule has 0 aromatic heterocycles. The van der Waals surface area contributed by atoms with Gasteiger partial charge in [-0.05, 0) is 19.3 Å². The van der Waals surface area contributed by atoms with Crippen LogP contribution in [-0.2, 0) is 4.79 Å². The molecule has 0 spiro atoms. The lowest BCUT2D eigenvalue weighted by Crippen LogP contribution is -2.46. The third kappa shape index (κ3) is 4.26. The van der Waals surface area contributed by atoms with Gasteiger partial charge in [0.05, 0.1) is 0 Å². The molecule has 2 atom stereocenters. The monoisotopic (exact) mass is 222 g/mol. The molecule has 84 valence electrons. The van der Waals surface area contributed by atoms with Crippen LogP contribution >= 0.6 is 12.4 Å². The second-order valence-electron chi connectivity index (χ2n) is 3.68. The Morgan fingerprint density at radius 2 is 2.21 bits per heavy atom. The first-order chi connectivity index (χ1) is 6.15. The fourth-order valence-corrected chi connectivity index (χ4v) is 1.20. The summed E-state index contributed by atoms with van der Waals surface area (Å²) in [4.78, 5) is 11.3. The van der Waals surface area contributed by atoms with Crippen molar-refractivity contribution in [2.45, 2.75) is 50.8 Å². The number of carbonyl (C=O) groups excluding carboxylic acids is 1. The van der Waals surface area contributed by atoms with E-state index in [1.165, 1.54) is 0 Å². The first kappa shape index (κ1) is 13.7. The van der Waals surface area contributed by atoms with E-state index in [-0.39, 0.29) is 24.4 Å². The van der Waals surface area contributed by atoms with Crippen LogP contribution in [-0.4, -0.2) is 29.2 Å². The maximum Gasteiger partial charge on any atom is 0.250 e. The summed E-state index contributed by atoms with van der Waals surface area (Å²) in [7, 11) is 0. The van der Waals surface area contributed by atoms with Gasteiger partial charge < -0.3 is 16.2 Å². The third-order valence-electron chi connectivity index (χ3n) is 2.22. The van der Waals surface area contributed by atoms with Crippen molar-refractivity contribution >= 4 is 18.3 Å². The standard InChI is InChI=1S/C9H18N2O2.ClH/c1-2-3-7(10)8(12)9(13)11-6-4-5-6;/h6-8,12H,2-5,10H2,1H3,(H,11,13);1H/t7-,8+;/m1./s1. The summed E-state index contributed by atoms with van der Waals surface area (Å²) in [5.74, 6) is -0.316. The van der Waals surface area contributed by atoms with E-state index in [2.05, 4.69) is 5.32 Å². The summed E-state index contributed by atoms with van der Waals surface area (Å²) >= 11 is 0. The lowest BCUT2D eigenvalue weighted by atomic mass is 10.1. The summed E-state index contributed by atoms with van der Waals surface area (Å²) in [5.41, 5.74) is 5.61. The van der Waals surface area contributed by atoms with Crippen molar-refractivity contribution in [3.05, 3.63) is 0 Å². The Bertz CT molecular complexity index is 186. The number of carbonyl (C=O) groups is 1. The third-order valence-corrected chi connectivity index (χ3v) is 2.22. The van der Waals surface area contributed by atoms with Gasteiger partial charge in [0.1, 0.15) is 6.10 Å². The molecule has 0 saturated heterocycles. The number of rotatable bonds is 5. The molecule has 0 bridgehead atoms. The van der Waals surface area contributed by atoms with Crippen molar-refractivity contribution in [3.63, 3.8) is 0 Å². The highest BCUT2D eigenvalue weighted by molar-refractivity contribution is 5.85. The largest absolute Gasteiger partial charge is 0.382 e. The highest BCUT2D eigenvalue weighted by Gasteiger charge is 2.28. The van der Waals surface area contributed by atoms with Gasteiger partial charge in [0.25, 0.3) is 5.91 Å².